The van der Waals surface area contributed by atoms with Crippen LogP contribution in [0.4, 0.5) is 25.5 Å². The van der Waals surface area contributed by atoms with Crippen LogP contribution in [0.25, 0.3) is 32.4 Å². The molecule has 13 heteroatoms. The first-order chi connectivity index (χ1) is 21.9. The number of nitrogens with one attached hydrogen (secondary N) is 2. The number of hydrogen-bond donors (Lipinski definition) is 3. The monoisotopic (exact) mass is 633 g/mol. The second kappa shape index (κ2) is 10.3. The van der Waals surface area contributed by atoms with Crippen molar-refractivity contribution in [2.75, 3.05) is 55.8 Å². The van der Waals surface area contributed by atoms with Crippen molar-refractivity contribution < 1.29 is 13.5 Å². The summed E-state index contributed by atoms with van der Waals surface area (Å²) in [5.41, 5.74) is 10.5. The van der Waals surface area contributed by atoms with Gasteiger partial charge in [-0.15, -0.1) is 0 Å². The number of hydrogen-bond acceptors (Lipinski definition) is 11. The fourth-order valence-electron chi connectivity index (χ4n) is 8.56. The topological polar surface area (TPSA) is 117 Å². The Morgan fingerprint density at radius 1 is 1.09 bits per heavy atom. The number of benzene rings is 1. The number of ether oxygens (including phenoxy) is 1. The number of rotatable bonds is 7. The first-order valence-corrected chi connectivity index (χ1v) is 17.0. The van der Waals surface area contributed by atoms with Gasteiger partial charge in [0.25, 0.3) is 0 Å². The van der Waals surface area contributed by atoms with Crippen LogP contribution in [0.2, 0.25) is 0 Å². The van der Waals surface area contributed by atoms with Crippen molar-refractivity contribution in [3.63, 3.8) is 0 Å². The van der Waals surface area contributed by atoms with E-state index in [1.807, 2.05) is 7.05 Å². The Bertz CT molecular complexity index is 1820. The molecule has 4 saturated heterocycles. The lowest BCUT2D eigenvalue weighted by Crippen LogP contribution is -2.52. The molecule has 1 aromatic carbocycles. The Morgan fingerprint density at radius 3 is 2.69 bits per heavy atom. The smallest absolute Gasteiger partial charge is 0.319 e. The minimum Gasteiger partial charge on any atom is -0.461 e. The summed E-state index contributed by atoms with van der Waals surface area (Å²) >= 11 is 1.15. The number of nitrogens with zero attached hydrogens (tertiary/aromatic N) is 6. The first kappa shape index (κ1) is 27.9. The van der Waals surface area contributed by atoms with Crippen LogP contribution in [0.1, 0.15) is 56.4 Å². The zero-order chi connectivity index (χ0) is 30.4. The van der Waals surface area contributed by atoms with Crippen molar-refractivity contribution in [1.82, 2.24) is 30.2 Å². The van der Waals surface area contributed by atoms with E-state index in [0.29, 0.717) is 58.8 Å². The first-order valence-electron chi connectivity index (χ1n) is 16.2. The molecular formula is C32H37F2N9OS. The summed E-state index contributed by atoms with van der Waals surface area (Å²) in [6.45, 7) is 3.50. The number of piperazine rings is 1. The van der Waals surface area contributed by atoms with Gasteiger partial charge in [-0.2, -0.15) is 9.97 Å². The third-order valence-corrected chi connectivity index (χ3v) is 11.6. The number of nitrogens with two attached hydrogens (primary N) is 1. The lowest BCUT2D eigenvalue weighted by molar-refractivity contribution is 0.107. The van der Waals surface area contributed by atoms with Crippen molar-refractivity contribution in [2.24, 2.45) is 0 Å². The summed E-state index contributed by atoms with van der Waals surface area (Å²) in [4.78, 5) is 24.7. The Labute approximate surface area is 263 Å². The Hall–Kier alpha value is -3.42. The number of aromatic nitrogens is 4. The van der Waals surface area contributed by atoms with Crippen molar-refractivity contribution in [2.45, 2.75) is 74.7 Å². The minimum absolute atomic E-state index is 0.259. The van der Waals surface area contributed by atoms with E-state index in [4.69, 9.17) is 25.4 Å². The van der Waals surface area contributed by atoms with Crippen molar-refractivity contribution in [1.29, 1.82) is 0 Å². The molecule has 4 atom stereocenters. The van der Waals surface area contributed by atoms with E-state index >= 15 is 0 Å². The quantitative estimate of drug-likeness (QED) is 0.261. The van der Waals surface area contributed by atoms with Crippen LogP contribution in [0, 0.1) is 5.82 Å². The third-order valence-electron chi connectivity index (χ3n) is 10.7. The van der Waals surface area contributed by atoms with Crippen LogP contribution in [-0.2, 0) is 0 Å². The summed E-state index contributed by atoms with van der Waals surface area (Å²) < 4.78 is 36.5. The zero-order valence-corrected chi connectivity index (χ0v) is 26.1. The fraction of sp³-hybridized carbons (Fsp3) is 0.562. The molecule has 236 valence electrons. The summed E-state index contributed by atoms with van der Waals surface area (Å²) in [6, 6.07) is 4.19. The highest BCUT2D eigenvalue weighted by molar-refractivity contribution is 7.22. The second-order valence-corrected chi connectivity index (χ2v) is 14.5. The maximum Gasteiger partial charge on any atom is 0.319 e. The normalized spacial score (nSPS) is 28.0. The molecule has 10 nitrogen and oxygen atoms in total. The molecule has 45 heavy (non-hydrogen) atoms. The molecule has 2 unspecified atom stereocenters. The summed E-state index contributed by atoms with van der Waals surface area (Å²) in [5, 5.41) is 7.25. The molecule has 5 fully saturated rings. The van der Waals surface area contributed by atoms with Crippen molar-refractivity contribution in [3.05, 3.63) is 23.5 Å². The number of halogens is 2. The molecule has 1 aliphatic carbocycles. The fourth-order valence-corrected chi connectivity index (χ4v) is 9.32. The van der Waals surface area contributed by atoms with Crippen LogP contribution < -0.4 is 26.0 Å². The molecule has 1 saturated carbocycles. The van der Waals surface area contributed by atoms with Crippen molar-refractivity contribution >= 4 is 49.4 Å². The number of alkyl halides is 1. The van der Waals surface area contributed by atoms with Crippen LogP contribution in [0.3, 0.4) is 0 Å². The third kappa shape index (κ3) is 4.37. The molecule has 0 radical (unpaired) electrons. The van der Waals surface area contributed by atoms with Gasteiger partial charge in [-0.1, -0.05) is 11.3 Å². The Morgan fingerprint density at radius 2 is 1.91 bits per heavy atom. The predicted octanol–water partition coefficient (Wildman–Crippen LogP) is 4.84. The van der Waals surface area contributed by atoms with Crippen LogP contribution in [0.5, 0.6) is 6.01 Å². The minimum atomic E-state index is -0.834. The van der Waals surface area contributed by atoms with Crippen LogP contribution in [-0.4, -0.2) is 88.5 Å². The van der Waals surface area contributed by atoms with Gasteiger partial charge in [-0.3, -0.25) is 4.90 Å². The van der Waals surface area contributed by atoms with Gasteiger partial charge in [0.15, 0.2) is 10.9 Å². The van der Waals surface area contributed by atoms with E-state index < -0.39 is 6.17 Å². The molecule has 7 heterocycles. The van der Waals surface area contributed by atoms with Gasteiger partial charge in [0, 0.05) is 56.3 Å². The van der Waals surface area contributed by atoms with Crippen LogP contribution in [0.15, 0.2) is 12.1 Å². The van der Waals surface area contributed by atoms with Gasteiger partial charge < -0.3 is 26.0 Å². The highest BCUT2D eigenvalue weighted by Crippen LogP contribution is 2.52. The van der Waals surface area contributed by atoms with Crippen molar-refractivity contribution in [3.8, 4) is 17.1 Å². The Balaban J connectivity index is 1.26. The SMILES string of the molecule is CNc1nc2c(N3C4CCC3CNC4)nc(OC[C@@]34CCCN3C[C@H](F)C4)nc2c(C2CC2)c1-c1ccc(F)c2sc(N)nc12. The van der Waals surface area contributed by atoms with E-state index in [1.165, 1.54) is 6.07 Å². The van der Waals surface area contributed by atoms with Crippen LogP contribution >= 0.6 is 11.3 Å². The van der Waals surface area contributed by atoms with E-state index in [0.717, 1.165) is 103 Å². The number of pyridine rings is 1. The molecule has 0 spiro atoms. The lowest BCUT2D eigenvalue weighted by atomic mass is 9.94. The molecule has 4 aromatic rings. The van der Waals surface area contributed by atoms with E-state index in [-0.39, 0.29) is 17.3 Å². The highest BCUT2D eigenvalue weighted by atomic mass is 32.1. The Kier molecular flexibility index (Phi) is 6.37. The molecule has 4 aliphatic heterocycles. The maximum absolute atomic E-state index is 14.9. The highest BCUT2D eigenvalue weighted by Gasteiger charge is 2.49. The number of fused-ring (bicyclic) bond motifs is 5. The van der Waals surface area contributed by atoms with Gasteiger partial charge in [-0.05, 0) is 68.7 Å². The number of nitrogen functional groups attached to an aromatic ring is 1. The molecule has 5 aliphatic rings. The van der Waals surface area contributed by atoms with E-state index in [2.05, 4.69) is 25.4 Å². The average molecular weight is 634 g/mol. The molecule has 0 amide bonds. The maximum atomic E-state index is 14.9. The van der Waals surface area contributed by atoms with E-state index in [1.54, 1.807) is 6.07 Å². The van der Waals surface area contributed by atoms with Gasteiger partial charge in [0.1, 0.15) is 35.4 Å². The molecule has 3 aromatic heterocycles. The summed E-state index contributed by atoms with van der Waals surface area (Å²) in [7, 11) is 1.86. The molecule has 2 bridgehead atoms. The standard InChI is InChI=1S/C32H37F2N9OS/c1-36-28-23(20-7-8-21(34)27-24(20)39-30(35)45-27)22(16-3-4-16)25-26(38-28)29(43-18-5-6-19(43)13-37-12-18)41-31(40-25)44-15-32-9-2-10-42(32)14-17(33)11-32/h7-8,16-19,37H,2-6,9-15H2,1H3,(H2,35,39)(H,36,38)/t17-,18?,19?,32+/m1/s1. The lowest BCUT2D eigenvalue weighted by Gasteiger charge is -2.37. The van der Waals surface area contributed by atoms with Gasteiger partial charge in [0.2, 0.25) is 0 Å². The van der Waals surface area contributed by atoms with Gasteiger partial charge in [0.05, 0.1) is 15.8 Å². The van der Waals surface area contributed by atoms with E-state index in [9.17, 15) is 8.78 Å². The zero-order valence-electron chi connectivity index (χ0n) is 25.3. The molecule has 4 N–H and O–H groups in total. The largest absolute Gasteiger partial charge is 0.461 e. The summed E-state index contributed by atoms with van der Waals surface area (Å²) in [6.07, 6.45) is 5.81. The average Bonchev–Trinajstić information content (AvgIpc) is 3.46. The molecular weight excluding hydrogens is 596 g/mol. The second-order valence-electron chi connectivity index (χ2n) is 13.4. The number of thiazole rings is 1. The number of anilines is 3. The van der Waals surface area contributed by atoms with Gasteiger partial charge >= 0.3 is 6.01 Å². The molecule has 9 rings (SSSR count). The summed E-state index contributed by atoms with van der Waals surface area (Å²) in [5.74, 6) is 1.40. The van der Waals surface area contributed by atoms with Gasteiger partial charge in [-0.25, -0.2) is 18.7 Å². The predicted molar refractivity (Wildman–Crippen MR) is 173 cm³/mol.